The zero-order valence-electron chi connectivity index (χ0n) is 14.1. The van der Waals surface area contributed by atoms with Gasteiger partial charge in [-0.25, -0.2) is 13.4 Å². The molecular weight excluding hydrogens is 360 g/mol. The van der Waals surface area contributed by atoms with Crippen molar-refractivity contribution in [3.05, 3.63) is 52.7 Å². The van der Waals surface area contributed by atoms with E-state index in [2.05, 4.69) is 4.98 Å². The van der Waals surface area contributed by atoms with Gasteiger partial charge in [-0.1, -0.05) is 6.07 Å². The fourth-order valence-corrected chi connectivity index (χ4v) is 4.26. The average molecular weight is 378 g/mol. The van der Waals surface area contributed by atoms with Crippen LogP contribution in [0.25, 0.3) is 0 Å². The number of nitro benzene ring substituents is 1. The summed E-state index contributed by atoms with van der Waals surface area (Å²) in [4.78, 5) is 16.6. The van der Waals surface area contributed by atoms with Crippen LogP contribution in [0.2, 0.25) is 0 Å². The molecule has 0 spiro atoms. The van der Waals surface area contributed by atoms with E-state index < -0.39 is 14.9 Å². The molecule has 0 unspecified atom stereocenters. The topological polar surface area (TPSA) is 106 Å². The number of piperazine rings is 1. The van der Waals surface area contributed by atoms with Crippen molar-refractivity contribution >= 4 is 21.5 Å². The normalized spacial score (nSPS) is 15.7. The van der Waals surface area contributed by atoms with E-state index in [1.165, 1.54) is 23.5 Å². The highest BCUT2D eigenvalue weighted by Gasteiger charge is 2.30. The van der Waals surface area contributed by atoms with E-state index in [-0.39, 0.29) is 29.4 Å². The van der Waals surface area contributed by atoms with Gasteiger partial charge in [-0.05, 0) is 24.3 Å². The number of hydrogen-bond donors (Lipinski definition) is 0. The SMILES string of the molecule is COc1ccc(S(=O)(=O)N2CCN(c3ccccn3)CC2)cc1[N+](=O)[O-]. The number of aromatic nitrogens is 1. The van der Waals surface area contributed by atoms with Crippen LogP contribution in [-0.4, -0.2) is 55.9 Å². The minimum absolute atomic E-state index is 0.0221. The highest BCUT2D eigenvalue weighted by atomic mass is 32.2. The van der Waals surface area contributed by atoms with E-state index in [9.17, 15) is 18.5 Å². The second-order valence-electron chi connectivity index (χ2n) is 5.67. The van der Waals surface area contributed by atoms with Crippen LogP contribution in [0.1, 0.15) is 0 Å². The fraction of sp³-hybridized carbons (Fsp3) is 0.312. The Hall–Kier alpha value is -2.72. The molecule has 9 nitrogen and oxygen atoms in total. The molecule has 0 amide bonds. The summed E-state index contributed by atoms with van der Waals surface area (Å²) >= 11 is 0. The molecule has 0 radical (unpaired) electrons. The van der Waals surface area contributed by atoms with Crippen LogP contribution in [0.3, 0.4) is 0 Å². The summed E-state index contributed by atoms with van der Waals surface area (Å²) in [6, 6.07) is 9.24. The number of nitro groups is 1. The van der Waals surface area contributed by atoms with Gasteiger partial charge in [-0.15, -0.1) is 0 Å². The quantitative estimate of drug-likeness (QED) is 0.573. The summed E-state index contributed by atoms with van der Waals surface area (Å²) in [6.07, 6.45) is 1.69. The second kappa shape index (κ2) is 7.26. The van der Waals surface area contributed by atoms with E-state index in [0.717, 1.165) is 11.9 Å². The first-order valence-electron chi connectivity index (χ1n) is 7.92. The molecule has 10 heteroatoms. The lowest BCUT2D eigenvalue weighted by molar-refractivity contribution is -0.386. The highest BCUT2D eigenvalue weighted by Crippen LogP contribution is 2.31. The third-order valence-corrected chi connectivity index (χ3v) is 6.09. The van der Waals surface area contributed by atoms with Crippen molar-refractivity contribution in [1.29, 1.82) is 0 Å². The predicted octanol–water partition coefficient (Wildman–Crippen LogP) is 1.51. The van der Waals surface area contributed by atoms with Gasteiger partial charge in [0.1, 0.15) is 5.82 Å². The number of methoxy groups -OCH3 is 1. The van der Waals surface area contributed by atoms with E-state index >= 15 is 0 Å². The van der Waals surface area contributed by atoms with E-state index in [1.807, 2.05) is 23.1 Å². The standard InChI is InChI=1S/C16H18N4O5S/c1-25-15-6-5-13(12-14(15)20(21)22)26(23,24)19-10-8-18(9-11-19)16-4-2-3-7-17-16/h2-7,12H,8-11H2,1H3. The van der Waals surface area contributed by atoms with Gasteiger partial charge in [-0.2, -0.15) is 4.31 Å². The molecule has 1 aliphatic heterocycles. The Morgan fingerprint density at radius 3 is 2.46 bits per heavy atom. The van der Waals surface area contributed by atoms with Crippen molar-refractivity contribution in [3.63, 3.8) is 0 Å². The van der Waals surface area contributed by atoms with Crippen LogP contribution in [0.15, 0.2) is 47.5 Å². The van der Waals surface area contributed by atoms with Gasteiger partial charge >= 0.3 is 5.69 Å². The number of anilines is 1. The molecule has 0 saturated carbocycles. The summed E-state index contributed by atoms with van der Waals surface area (Å²) in [5.41, 5.74) is -0.374. The Labute approximate surface area is 151 Å². The molecule has 1 saturated heterocycles. The number of sulfonamides is 1. The number of benzene rings is 1. The van der Waals surface area contributed by atoms with Gasteiger partial charge in [0.05, 0.1) is 16.9 Å². The Balaban J connectivity index is 1.79. The summed E-state index contributed by atoms with van der Waals surface area (Å²) < 4.78 is 31.9. The van der Waals surface area contributed by atoms with Crippen molar-refractivity contribution in [2.75, 3.05) is 38.2 Å². The summed E-state index contributed by atoms with van der Waals surface area (Å²) in [5.74, 6) is 0.818. The number of pyridine rings is 1. The third-order valence-electron chi connectivity index (χ3n) is 4.20. The molecule has 138 valence electrons. The molecule has 0 N–H and O–H groups in total. The van der Waals surface area contributed by atoms with Crippen LogP contribution >= 0.6 is 0 Å². The first-order valence-corrected chi connectivity index (χ1v) is 9.36. The Morgan fingerprint density at radius 1 is 1.15 bits per heavy atom. The molecule has 2 heterocycles. The van der Waals surface area contributed by atoms with Crippen molar-refractivity contribution in [2.24, 2.45) is 0 Å². The summed E-state index contributed by atoms with van der Waals surface area (Å²) in [7, 11) is -2.52. The van der Waals surface area contributed by atoms with Crippen LogP contribution in [0.4, 0.5) is 11.5 Å². The zero-order valence-corrected chi connectivity index (χ0v) is 14.9. The Kier molecular flexibility index (Phi) is 5.05. The Morgan fingerprint density at radius 2 is 1.88 bits per heavy atom. The Bertz CT molecular complexity index is 896. The number of ether oxygens (including phenoxy) is 1. The maximum absolute atomic E-state index is 12.8. The van der Waals surface area contributed by atoms with Gasteiger partial charge in [0, 0.05) is 38.4 Å². The molecule has 1 aromatic carbocycles. The lowest BCUT2D eigenvalue weighted by Crippen LogP contribution is -2.48. The molecule has 1 aromatic heterocycles. The molecule has 1 fully saturated rings. The minimum Gasteiger partial charge on any atom is -0.490 e. The number of hydrogen-bond acceptors (Lipinski definition) is 7. The smallest absolute Gasteiger partial charge is 0.312 e. The van der Waals surface area contributed by atoms with Crippen molar-refractivity contribution in [1.82, 2.24) is 9.29 Å². The first-order chi connectivity index (χ1) is 12.4. The summed E-state index contributed by atoms with van der Waals surface area (Å²) in [6.45, 7) is 1.54. The molecule has 3 rings (SSSR count). The maximum atomic E-state index is 12.8. The molecule has 1 aliphatic rings. The summed E-state index contributed by atoms with van der Waals surface area (Å²) in [5, 5.41) is 11.1. The molecule has 0 aliphatic carbocycles. The van der Waals surface area contributed by atoms with Gasteiger partial charge in [0.15, 0.2) is 5.75 Å². The molecular formula is C16H18N4O5S. The second-order valence-corrected chi connectivity index (χ2v) is 7.61. The first kappa shape index (κ1) is 18.1. The molecule has 0 bridgehead atoms. The molecule has 2 aromatic rings. The van der Waals surface area contributed by atoms with Gasteiger partial charge in [-0.3, -0.25) is 10.1 Å². The average Bonchev–Trinajstić information content (AvgIpc) is 2.68. The highest BCUT2D eigenvalue weighted by molar-refractivity contribution is 7.89. The molecule has 0 atom stereocenters. The third kappa shape index (κ3) is 3.46. The maximum Gasteiger partial charge on any atom is 0.312 e. The lowest BCUT2D eigenvalue weighted by Gasteiger charge is -2.34. The van der Waals surface area contributed by atoms with Crippen LogP contribution in [0, 0.1) is 10.1 Å². The van der Waals surface area contributed by atoms with Gasteiger partial charge in [0.2, 0.25) is 10.0 Å². The van der Waals surface area contributed by atoms with Crippen LogP contribution in [-0.2, 0) is 10.0 Å². The van der Waals surface area contributed by atoms with Crippen molar-refractivity contribution < 1.29 is 18.1 Å². The van der Waals surface area contributed by atoms with Gasteiger partial charge in [0.25, 0.3) is 0 Å². The van der Waals surface area contributed by atoms with Crippen LogP contribution < -0.4 is 9.64 Å². The van der Waals surface area contributed by atoms with Gasteiger partial charge < -0.3 is 9.64 Å². The number of rotatable bonds is 5. The predicted molar refractivity (Wildman–Crippen MR) is 94.9 cm³/mol. The lowest BCUT2D eigenvalue weighted by atomic mass is 10.3. The van der Waals surface area contributed by atoms with E-state index in [4.69, 9.17) is 4.74 Å². The van der Waals surface area contributed by atoms with Crippen LogP contribution in [0.5, 0.6) is 5.75 Å². The van der Waals surface area contributed by atoms with Crippen molar-refractivity contribution in [2.45, 2.75) is 4.90 Å². The van der Waals surface area contributed by atoms with E-state index in [1.54, 1.807) is 6.20 Å². The molecule has 26 heavy (non-hydrogen) atoms. The number of nitrogens with zero attached hydrogens (tertiary/aromatic N) is 4. The minimum atomic E-state index is -3.82. The monoisotopic (exact) mass is 378 g/mol. The largest absolute Gasteiger partial charge is 0.490 e. The van der Waals surface area contributed by atoms with E-state index in [0.29, 0.717) is 13.1 Å². The zero-order chi connectivity index (χ0) is 18.7. The van der Waals surface area contributed by atoms with Crippen molar-refractivity contribution in [3.8, 4) is 5.75 Å². The fourth-order valence-electron chi connectivity index (χ4n) is 2.82.